The summed E-state index contributed by atoms with van der Waals surface area (Å²) >= 11 is 0. The van der Waals surface area contributed by atoms with Gasteiger partial charge in [-0.3, -0.25) is 5.10 Å². The van der Waals surface area contributed by atoms with E-state index in [1.165, 1.54) is 56.2 Å². The molecular weight excluding hydrogens is 300 g/mol. The fourth-order valence-electron chi connectivity index (χ4n) is 4.81. The van der Waals surface area contributed by atoms with Gasteiger partial charge in [-0.1, -0.05) is 0 Å². The van der Waals surface area contributed by atoms with Gasteiger partial charge in [0.1, 0.15) is 0 Å². The molecule has 3 fully saturated rings. The standard InChI is InChI=1S/C19H32N4O/c1-20-9-10-23(2)12-16-11-21-22-17(16)15-3-5-19(6-4-15)13-18(7-8-18)14-24-19/h11,15,20H,3-10,12-14H2,1-2H3,(H,21,22)/t15-,19+. The summed E-state index contributed by atoms with van der Waals surface area (Å²) in [5.41, 5.74) is 3.49. The first-order valence-electron chi connectivity index (χ1n) is 9.63. The Kier molecular flexibility index (Phi) is 4.43. The van der Waals surface area contributed by atoms with E-state index in [0.717, 1.165) is 26.2 Å². The van der Waals surface area contributed by atoms with Crippen molar-refractivity contribution in [2.45, 2.75) is 63.0 Å². The molecule has 0 atom stereocenters. The number of nitrogens with zero attached hydrogens (tertiary/aromatic N) is 2. The number of aromatic nitrogens is 2. The Morgan fingerprint density at radius 2 is 2.12 bits per heavy atom. The lowest BCUT2D eigenvalue weighted by Crippen LogP contribution is -2.33. The Hall–Kier alpha value is -0.910. The van der Waals surface area contributed by atoms with E-state index in [1.54, 1.807) is 0 Å². The second-order valence-corrected chi connectivity index (χ2v) is 8.56. The smallest absolute Gasteiger partial charge is 0.0697 e. The Bertz CT molecular complexity index is 557. The van der Waals surface area contributed by atoms with Gasteiger partial charge in [0.2, 0.25) is 0 Å². The van der Waals surface area contributed by atoms with Crippen LogP contribution in [0.3, 0.4) is 0 Å². The van der Waals surface area contributed by atoms with Crippen LogP contribution in [0, 0.1) is 5.41 Å². The van der Waals surface area contributed by atoms with Crippen molar-refractivity contribution >= 4 is 0 Å². The number of likely N-dealkylation sites (N-methyl/N-ethyl adjacent to an activating group) is 2. The number of rotatable bonds is 6. The molecule has 1 aromatic heterocycles. The van der Waals surface area contributed by atoms with Crippen LogP contribution in [0.1, 0.15) is 62.1 Å². The van der Waals surface area contributed by atoms with Gasteiger partial charge in [-0.05, 0) is 64.5 Å². The molecule has 1 aliphatic heterocycles. The molecule has 2 heterocycles. The molecule has 0 unspecified atom stereocenters. The van der Waals surface area contributed by atoms with Gasteiger partial charge < -0.3 is 15.0 Å². The maximum absolute atomic E-state index is 6.32. The summed E-state index contributed by atoms with van der Waals surface area (Å²) in [5, 5.41) is 11.0. The fraction of sp³-hybridized carbons (Fsp3) is 0.842. The summed E-state index contributed by atoms with van der Waals surface area (Å²) in [6.45, 7) is 4.09. The summed E-state index contributed by atoms with van der Waals surface area (Å²) in [5.74, 6) is 0.605. The first-order valence-corrected chi connectivity index (χ1v) is 9.63. The zero-order chi connectivity index (χ0) is 16.6. The first kappa shape index (κ1) is 16.6. The summed E-state index contributed by atoms with van der Waals surface area (Å²) in [6, 6.07) is 0. The maximum Gasteiger partial charge on any atom is 0.0697 e. The fourth-order valence-corrected chi connectivity index (χ4v) is 4.81. The summed E-state index contributed by atoms with van der Waals surface area (Å²) < 4.78 is 6.32. The lowest BCUT2D eigenvalue weighted by molar-refractivity contribution is -0.0291. The Morgan fingerprint density at radius 1 is 1.33 bits per heavy atom. The highest BCUT2D eigenvalue weighted by Crippen LogP contribution is 2.60. The molecular formula is C19H32N4O. The van der Waals surface area contributed by atoms with Crippen molar-refractivity contribution in [2.75, 3.05) is 33.8 Å². The molecule has 5 heteroatoms. The van der Waals surface area contributed by atoms with E-state index in [4.69, 9.17) is 4.74 Å². The molecule has 1 saturated heterocycles. The van der Waals surface area contributed by atoms with Crippen molar-refractivity contribution < 1.29 is 4.74 Å². The first-order chi connectivity index (χ1) is 11.6. The number of hydrogen-bond acceptors (Lipinski definition) is 4. The predicted molar refractivity (Wildman–Crippen MR) is 95.0 cm³/mol. The molecule has 2 N–H and O–H groups in total. The van der Waals surface area contributed by atoms with E-state index in [1.807, 2.05) is 7.05 Å². The normalized spacial score (nSPS) is 31.4. The van der Waals surface area contributed by atoms with Gasteiger partial charge in [0, 0.05) is 37.3 Å². The van der Waals surface area contributed by atoms with E-state index in [-0.39, 0.29) is 5.60 Å². The van der Waals surface area contributed by atoms with Crippen LogP contribution >= 0.6 is 0 Å². The second kappa shape index (κ2) is 6.43. The minimum atomic E-state index is 0.215. The van der Waals surface area contributed by atoms with Gasteiger partial charge in [0.05, 0.1) is 17.9 Å². The van der Waals surface area contributed by atoms with E-state index in [0.29, 0.717) is 11.3 Å². The van der Waals surface area contributed by atoms with Gasteiger partial charge in [0.25, 0.3) is 0 Å². The van der Waals surface area contributed by atoms with Crippen LogP contribution in [0.25, 0.3) is 0 Å². The molecule has 0 radical (unpaired) electrons. The van der Waals surface area contributed by atoms with Crippen LogP contribution < -0.4 is 5.32 Å². The lowest BCUT2D eigenvalue weighted by Gasteiger charge is -2.36. The molecule has 2 saturated carbocycles. The Labute approximate surface area is 145 Å². The van der Waals surface area contributed by atoms with E-state index < -0.39 is 0 Å². The van der Waals surface area contributed by atoms with Gasteiger partial charge in [-0.25, -0.2) is 0 Å². The van der Waals surface area contributed by atoms with Crippen molar-refractivity contribution in [3.8, 4) is 0 Å². The predicted octanol–water partition coefficient (Wildman–Crippen LogP) is 2.66. The number of aromatic amines is 1. The minimum absolute atomic E-state index is 0.215. The van der Waals surface area contributed by atoms with Gasteiger partial charge in [0.15, 0.2) is 0 Å². The number of hydrogen-bond donors (Lipinski definition) is 2. The third-order valence-electron chi connectivity index (χ3n) is 6.56. The molecule has 0 bridgehead atoms. The molecule has 3 aliphatic rings. The average molecular weight is 332 g/mol. The van der Waals surface area contributed by atoms with Gasteiger partial charge in [-0.2, -0.15) is 5.10 Å². The highest BCUT2D eigenvalue weighted by molar-refractivity contribution is 5.22. The van der Waals surface area contributed by atoms with E-state index in [2.05, 4.69) is 33.7 Å². The molecule has 2 aliphatic carbocycles. The topological polar surface area (TPSA) is 53.2 Å². The zero-order valence-corrected chi connectivity index (χ0v) is 15.2. The molecule has 134 valence electrons. The zero-order valence-electron chi connectivity index (χ0n) is 15.2. The third kappa shape index (κ3) is 3.26. The number of H-pyrrole nitrogens is 1. The van der Waals surface area contributed by atoms with E-state index in [9.17, 15) is 0 Å². The molecule has 4 rings (SSSR count). The van der Waals surface area contributed by atoms with Crippen LogP contribution in [-0.2, 0) is 11.3 Å². The SMILES string of the molecule is CNCCN(C)Cc1c[nH]nc1[C@H]1CC[C@@]2(CC1)CC1(CC1)CO2. The summed E-state index contributed by atoms with van der Waals surface area (Å²) in [7, 11) is 4.19. The largest absolute Gasteiger partial charge is 0.374 e. The van der Waals surface area contributed by atoms with Crippen molar-refractivity contribution in [1.82, 2.24) is 20.4 Å². The molecule has 2 spiro atoms. The molecule has 24 heavy (non-hydrogen) atoms. The molecule has 1 aromatic rings. The number of nitrogens with one attached hydrogen (secondary N) is 2. The summed E-state index contributed by atoms with van der Waals surface area (Å²) in [4.78, 5) is 2.37. The van der Waals surface area contributed by atoms with Gasteiger partial charge in [-0.15, -0.1) is 0 Å². The van der Waals surface area contributed by atoms with Crippen LogP contribution in [-0.4, -0.2) is 54.5 Å². The Morgan fingerprint density at radius 3 is 2.79 bits per heavy atom. The molecule has 0 amide bonds. The second-order valence-electron chi connectivity index (χ2n) is 8.56. The molecule has 5 nitrogen and oxygen atoms in total. The minimum Gasteiger partial charge on any atom is -0.374 e. The summed E-state index contributed by atoms with van der Waals surface area (Å²) in [6.07, 6.45) is 11.1. The maximum atomic E-state index is 6.32. The van der Waals surface area contributed by atoms with E-state index >= 15 is 0 Å². The van der Waals surface area contributed by atoms with Crippen LogP contribution in [0.15, 0.2) is 6.20 Å². The van der Waals surface area contributed by atoms with Crippen molar-refractivity contribution in [3.63, 3.8) is 0 Å². The lowest BCUT2D eigenvalue weighted by atomic mass is 9.74. The van der Waals surface area contributed by atoms with Crippen LogP contribution in [0.4, 0.5) is 0 Å². The van der Waals surface area contributed by atoms with Gasteiger partial charge >= 0.3 is 0 Å². The van der Waals surface area contributed by atoms with Crippen LogP contribution in [0.2, 0.25) is 0 Å². The Balaban J connectivity index is 1.35. The average Bonchev–Trinajstić information content (AvgIpc) is 3.03. The highest BCUT2D eigenvalue weighted by atomic mass is 16.5. The third-order valence-corrected chi connectivity index (χ3v) is 6.56. The molecule has 0 aromatic carbocycles. The quantitative estimate of drug-likeness (QED) is 0.841. The highest BCUT2D eigenvalue weighted by Gasteiger charge is 2.56. The van der Waals surface area contributed by atoms with Crippen molar-refractivity contribution in [2.24, 2.45) is 5.41 Å². The van der Waals surface area contributed by atoms with Crippen LogP contribution in [0.5, 0.6) is 0 Å². The number of ether oxygens (including phenoxy) is 1. The monoisotopic (exact) mass is 332 g/mol. The van der Waals surface area contributed by atoms with Crippen molar-refractivity contribution in [3.05, 3.63) is 17.5 Å². The van der Waals surface area contributed by atoms with Crippen molar-refractivity contribution in [1.29, 1.82) is 0 Å².